The fraction of sp³-hybridized carbons (Fsp3) is 0.118. The van der Waals surface area contributed by atoms with Gasteiger partial charge in [0.25, 0.3) is 5.91 Å². The van der Waals surface area contributed by atoms with Crippen LogP contribution in [0.5, 0.6) is 0 Å². The molecular formula is C17H13BrClNO2. The van der Waals surface area contributed by atoms with Crippen LogP contribution < -0.4 is 5.32 Å². The van der Waals surface area contributed by atoms with Crippen molar-refractivity contribution in [1.82, 2.24) is 5.32 Å². The lowest BCUT2D eigenvalue weighted by Crippen LogP contribution is -2.25. The van der Waals surface area contributed by atoms with Crippen LogP contribution in [-0.4, -0.2) is 12.5 Å². The molecule has 1 heterocycles. The second-order valence-electron chi connectivity index (χ2n) is 4.89. The molecule has 3 rings (SSSR count). The van der Waals surface area contributed by atoms with Gasteiger partial charge in [0.2, 0.25) is 0 Å². The molecule has 0 radical (unpaired) electrons. The molecule has 0 saturated carbocycles. The molecule has 2 aromatic carbocycles. The minimum atomic E-state index is -0.211. The van der Waals surface area contributed by atoms with E-state index in [4.69, 9.17) is 16.0 Å². The van der Waals surface area contributed by atoms with E-state index in [0.717, 1.165) is 21.8 Å². The number of rotatable bonds is 4. The minimum absolute atomic E-state index is 0.211. The summed E-state index contributed by atoms with van der Waals surface area (Å²) in [6.07, 6.45) is 0.743. The van der Waals surface area contributed by atoms with Crippen LogP contribution in [0.25, 0.3) is 11.0 Å². The number of hydrogen-bond acceptors (Lipinski definition) is 2. The number of carbonyl (C=O) groups excluding carboxylic acids is 1. The van der Waals surface area contributed by atoms with Crippen molar-refractivity contribution in [1.29, 1.82) is 0 Å². The van der Waals surface area contributed by atoms with Crippen molar-refractivity contribution in [3.63, 3.8) is 0 Å². The smallest absolute Gasteiger partial charge is 0.287 e. The highest BCUT2D eigenvalue weighted by molar-refractivity contribution is 9.10. The predicted molar refractivity (Wildman–Crippen MR) is 91.4 cm³/mol. The molecule has 112 valence electrons. The van der Waals surface area contributed by atoms with Crippen molar-refractivity contribution in [2.24, 2.45) is 0 Å². The van der Waals surface area contributed by atoms with Gasteiger partial charge in [0.15, 0.2) is 5.76 Å². The van der Waals surface area contributed by atoms with Crippen LogP contribution in [0.2, 0.25) is 5.02 Å². The lowest BCUT2D eigenvalue weighted by molar-refractivity contribution is 0.0928. The summed E-state index contributed by atoms with van der Waals surface area (Å²) in [5, 5.41) is 4.46. The average molecular weight is 379 g/mol. The monoisotopic (exact) mass is 377 g/mol. The first kappa shape index (κ1) is 15.1. The molecule has 3 aromatic rings. The summed E-state index contributed by atoms with van der Waals surface area (Å²) in [5.74, 6) is 0.107. The Kier molecular flexibility index (Phi) is 4.50. The van der Waals surface area contributed by atoms with Gasteiger partial charge in [-0.3, -0.25) is 4.79 Å². The Hall–Kier alpha value is -1.78. The van der Waals surface area contributed by atoms with Crippen LogP contribution in [-0.2, 0) is 6.42 Å². The predicted octanol–water partition coefficient (Wildman–Crippen LogP) is 4.82. The Morgan fingerprint density at radius 3 is 2.68 bits per heavy atom. The molecule has 0 spiro atoms. The van der Waals surface area contributed by atoms with E-state index in [0.29, 0.717) is 22.9 Å². The maximum Gasteiger partial charge on any atom is 0.287 e. The summed E-state index contributed by atoms with van der Waals surface area (Å²) in [7, 11) is 0. The fourth-order valence-corrected chi connectivity index (χ4v) is 2.78. The molecule has 0 atom stereocenters. The van der Waals surface area contributed by atoms with E-state index in [9.17, 15) is 4.79 Å². The maximum absolute atomic E-state index is 12.1. The normalized spacial score (nSPS) is 10.8. The zero-order valence-corrected chi connectivity index (χ0v) is 13.9. The number of hydrogen-bond donors (Lipinski definition) is 1. The summed E-state index contributed by atoms with van der Waals surface area (Å²) in [5.41, 5.74) is 1.81. The largest absolute Gasteiger partial charge is 0.451 e. The van der Waals surface area contributed by atoms with Gasteiger partial charge in [-0.2, -0.15) is 0 Å². The summed E-state index contributed by atoms with van der Waals surface area (Å²) >= 11 is 9.29. The molecule has 0 unspecified atom stereocenters. The van der Waals surface area contributed by atoms with E-state index in [-0.39, 0.29) is 5.91 Å². The van der Waals surface area contributed by atoms with Crippen LogP contribution in [0.4, 0.5) is 0 Å². The van der Waals surface area contributed by atoms with E-state index in [1.807, 2.05) is 42.5 Å². The summed E-state index contributed by atoms with van der Waals surface area (Å²) < 4.78 is 6.48. The van der Waals surface area contributed by atoms with Crippen molar-refractivity contribution < 1.29 is 9.21 Å². The second kappa shape index (κ2) is 6.55. The van der Waals surface area contributed by atoms with E-state index < -0.39 is 0 Å². The first-order chi connectivity index (χ1) is 10.6. The SMILES string of the molecule is O=C(NCCc1ccc(Cl)cc1)c1cc2c(Br)cccc2o1. The Morgan fingerprint density at radius 1 is 1.18 bits per heavy atom. The number of furan rings is 1. The summed E-state index contributed by atoms with van der Waals surface area (Å²) in [6, 6.07) is 15.0. The lowest BCUT2D eigenvalue weighted by Gasteiger charge is -2.03. The Balaban J connectivity index is 1.63. The Labute approximate surface area is 141 Å². The third kappa shape index (κ3) is 3.34. The Morgan fingerprint density at radius 2 is 1.95 bits per heavy atom. The summed E-state index contributed by atoms with van der Waals surface area (Å²) in [6.45, 7) is 0.540. The highest BCUT2D eigenvalue weighted by atomic mass is 79.9. The maximum atomic E-state index is 12.1. The number of benzene rings is 2. The number of fused-ring (bicyclic) bond motifs is 1. The van der Waals surface area contributed by atoms with E-state index in [1.165, 1.54) is 0 Å². The van der Waals surface area contributed by atoms with Crippen molar-refractivity contribution in [2.45, 2.75) is 6.42 Å². The quantitative estimate of drug-likeness (QED) is 0.707. The van der Waals surface area contributed by atoms with Gasteiger partial charge in [-0.05, 0) is 42.3 Å². The van der Waals surface area contributed by atoms with Crippen molar-refractivity contribution in [3.05, 3.63) is 69.3 Å². The van der Waals surface area contributed by atoms with Crippen LogP contribution >= 0.6 is 27.5 Å². The topological polar surface area (TPSA) is 42.2 Å². The first-order valence-electron chi connectivity index (χ1n) is 6.84. The van der Waals surface area contributed by atoms with Gasteiger partial charge in [0.1, 0.15) is 5.58 Å². The fourth-order valence-electron chi connectivity index (χ4n) is 2.20. The minimum Gasteiger partial charge on any atom is -0.451 e. The molecule has 1 aromatic heterocycles. The zero-order chi connectivity index (χ0) is 15.5. The van der Waals surface area contributed by atoms with Gasteiger partial charge in [0.05, 0.1) is 0 Å². The van der Waals surface area contributed by atoms with Gasteiger partial charge < -0.3 is 9.73 Å². The second-order valence-corrected chi connectivity index (χ2v) is 6.19. The molecule has 0 saturated heterocycles. The molecule has 0 fully saturated rings. The van der Waals surface area contributed by atoms with Gasteiger partial charge in [0, 0.05) is 21.4 Å². The molecule has 0 bridgehead atoms. The third-order valence-electron chi connectivity index (χ3n) is 3.34. The average Bonchev–Trinajstić information content (AvgIpc) is 2.95. The Bertz CT molecular complexity index is 811. The molecule has 1 N–H and O–H groups in total. The van der Waals surface area contributed by atoms with Crippen molar-refractivity contribution in [3.8, 4) is 0 Å². The van der Waals surface area contributed by atoms with Crippen LogP contribution in [0, 0.1) is 0 Å². The highest BCUT2D eigenvalue weighted by Gasteiger charge is 2.13. The molecule has 1 amide bonds. The number of amides is 1. The standard InChI is InChI=1S/C17H13BrClNO2/c18-14-2-1-3-15-13(14)10-16(22-15)17(21)20-9-8-11-4-6-12(19)7-5-11/h1-7,10H,8-9H2,(H,20,21). The third-order valence-corrected chi connectivity index (χ3v) is 4.29. The molecular weight excluding hydrogens is 366 g/mol. The van der Waals surface area contributed by atoms with Gasteiger partial charge in [-0.1, -0.05) is 45.7 Å². The zero-order valence-electron chi connectivity index (χ0n) is 11.6. The van der Waals surface area contributed by atoms with E-state index >= 15 is 0 Å². The van der Waals surface area contributed by atoms with Crippen molar-refractivity contribution in [2.75, 3.05) is 6.54 Å². The highest BCUT2D eigenvalue weighted by Crippen LogP contribution is 2.26. The first-order valence-corrected chi connectivity index (χ1v) is 8.01. The molecule has 0 aliphatic carbocycles. The molecule has 0 aliphatic heterocycles. The molecule has 22 heavy (non-hydrogen) atoms. The van der Waals surface area contributed by atoms with Crippen LogP contribution in [0.3, 0.4) is 0 Å². The van der Waals surface area contributed by atoms with Crippen LogP contribution in [0.1, 0.15) is 16.1 Å². The number of carbonyl (C=O) groups is 1. The van der Waals surface area contributed by atoms with Gasteiger partial charge in [-0.15, -0.1) is 0 Å². The van der Waals surface area contributed by atoms with Crippen LogP contribution in [0.15, 0.2) is 57.4 Å². The number of halogens is 2. The van der Waals surface area contributed by atoms with Crippen molar-refractivity contribution >= 4 is 44.4 Å². The molecule has 3 nitrogen and oxygen atoms in total. The molecule has 5 heteroatoms. The summed E-state index contributed by atoms with van der Waals surface area (Å²) in [4.78, 5) is 12.1. The van der Waals surface area contributed by atoms with E-state index in [2.05, 4.69) is 21.2 Å². The lowest BCUT2D eigenvalue weighted by atomic mass is 10.1. The van der Waals surface area contributed by atoms with E-state index in [1.54, 1.807) is 6.07 Å². The molecule has 0 aliphatic rings. The van der Waals surface area contributed by atoms with Gasteiger partial charge >= 0.3 is 0 Å². The number of nitrogens with one attached hydrogen (secondary N) is 1. The van der Waals surface area contributed by atoms with Gasteiger partial charge in [-0.25, -0.2) is 0 Å².